The summed E-state index contributed by atoms with van der Waals surface area (Å²) in [7, 11) is -0.744. The predicted molar refractivity (Wildman–Crippen MR) is 652 cm³/mol. The monoisotopic (exact) mass is 2480 g/mol. The summed E-state index contributed by atoms with van der Waals surface area (Å²) in [5.74, 6) is 0. The smallest absolute Gasteiger partial charge is 0.399 e. The average molecular weight is 2490 g/mol. The second kappa shape index (κ2) is 44.2. The lowest BCUT2D eigenvalue weighted by Crippen LogP contribution is -2.41. The number of rotatable bonds is 8. The average Bonchev–Trinajstić information content (AvgIpc) is 1.55. The van der Waals surface area contributed by atoms with Crippen molar-refractivity contribution >= 4 is 367 Å². The van der Waals surface area contributed by atoms with Gasteiger partial charge in [-0.05, 0) is 270 Å². The van der Waals surface area contributed by atoms with E-state index in [1.807, 2.05) is 93.9 Å². The van der Waals surface area contributed by atoms with E-state index in [2.05, 4.69) is 495 Å². The van der Waals surface area contributed by atoms with Crippen LogP contribution in [0.2, 0.25) is 0 Å². The number of H-pyrrole nitrogens is 1. The number of halogens is 7. The second-order valence-electron chi connectivity index (χ2n) is 34.9. The van der Waals surface area contributed by atoms with Crippen molar-refractivity contribution in [3.63, 3.8) is 0 Å². The summed E-state index contributed by atoms with van der Waals surface area (Å²) in [5, 5.41) is 43.9. The van der Waals surface area contributed by atoms with E-state index in [-0.39, 0.29) is 34.6 Å². The topological polar surface area (TPSA) is 125 Å². The number of fused-ring (bicyclic) bond motifs is 23. The van der Waals surface area contributed by atoms with E-state index in [1.165, 1.54) is 176 Å². The Morgan fingerprint density at radius 3 is 1.20 bits per heavy atom. The predicted octanol–water partition coefficient (Wildman–Crippen LogP) is 38.8. The van der Waals surface area contributed by atoms with E-state index in [4.69, 9.17) is 9.31 Å². The number of hydrogen-bond donors (Lipinski definition) is 1. The van der Waals surface area contributed by atoms with Gasteiger partial charge in [-0.1, -0.05) is 328 Å². The molecule has 1 aliphatic heterocycles. The van der Waals surface area contributed by atoms with Gasteiger partial charge < -0.3 is 18.9 Å². The summed E-state index contributed by atoms with van der Waals surface area (Å²) in [4.78, 5) is 24.5. The van der Waals surface area contributed by atoms with E-state index in [9.17, 15) is 20.2 Å². The molecule has 1 aliphatic rings. The molecule has 144 heavy (non-hydrogen) atoms. The molecule has 0 bridgehead atoms. The van der Waals surface area contributed by atoms with Gasteiger partial charge in [-0.2, -0.15) is 0 Å². The fourth-order valence-electron chi connectivity index (χ4n) is 17.9. The molecule has 24 heteroatoms. The van der Waals surface area contributed by atoms with Crippen LogP contribution in [0, 0.1) is 23.8 Å². The van der Waals surface area contributed by atoms with Crippen molar-refractivity contribution in [2.75, 3.05) is 0 Å². The maximum Gasteiger partial charge on any atom is 0.494 e. The number of nitrogens with one attached hydrogen (secondary N) is 1. The van der Waals surface area contributed by atoms with Gasteiger partial charge in [0, 0.05) is 166 Å². The molecule has 1 saturated heterocycles. The molecule has 0 radical (unpaired) electrons. The molecule has 0 aliphatic carbocycles. The number of hydrogen-bond acceptors (Lipinski definition) is 11. The van der Waals surface area contributed by atoms with Gasteiger partial charge in [0.1, 0.15) is 0 Å². The first-order valence-corrected chi connectivity index (χ1v) is 57.2. The maximum absolute atomic E-state index is 11.3. The van der Waals surface area contributed by atoms with Crippen LogP contribution in [-0.2, 0) is 9.31 Å². The van der Waals surface area contributed by atoms with Crippen LogP contribution in [0.1, 0.15) is 27.7 Å². The number of benzene rings is 19. The number of thiophene rings is 5. The molecule has 706 valence electrons. The van der Waals surface area contributed by atoms with E-state index < -0.39 is 12.8 Å². The molecular formula is C120H83BBr6IN4O6PS5. The SMILES string of the molecule is Brc1ccc2[nH]c3c(ccc4sc5ccccc5c43)c2c1.Brc1ccc2c(c1)c1ccc3sc4ccccc4c3c1n2-c1ccccc1.Brc1ccc2sc3ccccc3c2c1.CC1(C)OB(c2ccc3sc4ccccc4c3c2)OC1(C)C.Ic1ccccc1.O=[N+]([O-])c1ccc(Br)cc1-c1ccc2sc3ccccc3c2c1.O=[N+]([O-])c1ccc(Br)cc1Br.c1ccc(P(c2ccccc2)c2ccccc2)cc1. The third kappa shape index (κ3) is 21.5. The molecule has 26 aromatic rings. The van der Waals surface area contributed by atoms with E-state index in [0.29, 0.717) is 10.0 Å². The van der Waals surface area contributed by atoms with Crippen LogP contribution >= 0.6 is 183 Å². The Hall–Kier alpha value is -11.3. The highest BCUT2D eigenvalue weighted by Crippen LogP contribution is 2.48. The lowest BCUT2D eigenvalue weighted by Gasteiger charge is -2.32. The first-order valence-electron chi connectivity index (χ1n) is 46.0. The summed E-state index contributed by atoms with van der Waals surface area (Å²) in [5.41, 5.74) is 8.33. The van der Waals surface area contributed by atoms with E-state index in [0.717, 1.165) is 38.8 Å². The molecule has 27 rings (SSSR count). The number of para-hydroxylation sites is 1. The Morgan fingerprint density at radius 1 is 0.326 bits per heavy atom. The Labute approximate surface area is 916 Å². The summed E-state index contributed by atoms with van der Waals surface area (Å²) < 4.78 is 34.7. The van der Waals surface area contributed by atoms with Crippen LogP contribution < -0.4 is 21.4 Å². The molecule has 19 aromatic carbocycles. The van der Waals surface area contributed by atoms with Gasteiger partial charge in [-0.15, -0.1) is 56.7 Å². The van der Waals surface area contributed by atoms with Crippen LogP contribution in [-0.4, -0.2) is 37.7 Å². The molecule has 0 unspecified atom stereocenters. The van der Waals surface area contributed by atoms with Crippen molar-refractivity contribution in [3.8, 4) is 16.8 Å². The second-order valence-corrected chi connectivity index (χ2v) is 49.3. The van der Waals surface area contributed by atoms with Gasteiger partial charge in [0.05, 0.1) is 47.6 Å². The molecule has 0 spiro atoms. The first kappa shape index (κ1) is 100. The summed E-state index contributed by atoms with van der Waals surface area (Å²) in [6.45, 7) is 8.36. The number of nitro benzene ring substituents is 2. The Balaban J connectivity index is 0.000000103. The van der Waals surface area contributed by atoms with Crippen molar-refractivity contribution in [1.29, 1.82) is 0 Å². The molecule has 8 heterocycles. The third-order valence-electron chi connectivity index (χ3n) is 25.3. The highest BCUT2D eigenvalue weighted by atomic mass is 127. The standard InChI is InChI=1S/C24H14BrNS.C18H19BO2S.C18H10BrNO2S.C18H10BrNS.C18H15P.C12H7BrS.C6H3Br2NO2.C6H5I/c25-15-10-12-20-19(14-15)17-11-13-22-23(18-8-4-5-9-21(18)27-22)24(17)26(20)16-6-2-1-3-7-16;1-17(2)18(3,4)21-19(20-17)12-9-10-16-14(11-12)13-7-5-6-8-15(13)22-16;19-12-6-7-16(20(21)22)14(10-12)11-5-8-18-15(9-11)13-3-1-2-4-17(13)23-18;19-10-5-7-14-13(9-10)11-6-8-16-17(18(11)20-14)12-3-1-2-4-15(12)21-16;1-4-10-16(11-5-1)19(17-12-6-2-7-13-17)18-14-8-3-9-15-18;13-8-5-6-12-10(7-8)9-3-1-2-4-11(9)14-12;7-4-1-2-6(9(10)11)5(8)3-4;7-6-4-2-1-3-5-6/h1-14H;5-11H,1-4H3;1-10H;1-9,20H;1-15H;1-7H;1-3H;1-5H. The van der Waals surface area contributed by atoms with Gasteiger partial charge in [0.25, 0.3) is 11.4 Å². The largest absolute Gasteiger partial charge is 0.494 e. The van der Waals surface area contributed by atoms with Gasteiger partial charge in [0.2, 0.25) is 0 Å². The Bertz CT molecular complexity index is 9160. The Kier molecular flexibility index (Phi) is 30.7. The minimum absolute atomic E-state index is 0.0770. The van der Waals surface area contributed by atoms with Crippen LogP contribution in [0.4, 0.5) is 11.4 Å². The lowest BCUT2D eigenvalue weighted by atomic mass is 9.78. The molecule has 0 amide bonds. The summed E-state index contributed by atoms with van der Waals surface area (Å²) >= 11 is 31.8. The van der Waals surface area contributed by atoms with Crippen LogP contribution in [0.5, 0.6) is 0 Å². The van der Waals surface area contributed by atoms with Crippen molar-refractivity contribution in [2.45, 2.75) is 38.9 Å². The minimum atomic E-state index is -0.446. The highest BCUT2D eigenvalue weighted by Gasteiger charge is 2.52. The van der Waals surface area contributed by atoms with Gasteiger partial charge in [0.15, 0.2) is 0 Å². The van der Waals surface area contributed by atoms with E-state index in [1.54, 1.807) is 35.6 Å². The molecule has 1 fully saturated rings. The van der Waals surface area contributed by atoms with Gasteiger partial charge in [-0.25, -0.2) is 0 Å². The molecule has 7 aromatic heterocycles. The molecular weight excluding hydrogens is 2400 g/mol. The summed E-state index contributed by atoms with van der Waals surface area (Å²) in [6, 6.07) is 147. The van der Waals surface area contributed by atoms with Crippen molar-refractivity contribution in [1.82, 2.24) is 9.55 Å². The first-order chi connectivity index (χ1) is 69.9. The third-order valence-corrected chi connectivity index (χ3v) is 37.3. The number of nitrogens with zero attached hydrogens (tertiary/aromatic N) is 3. The zero-order chi connectivity index (χ0) is 99.4. The fourth-order valence-corrected chi connectivity index (χ4v) is 28.7. The molecule has 1 N–H and O–H groups in total. The van der Waals surface area contributed by atoms with Crippen LogP contribution in [0.15, 0.2) is 451 Å². The van der Waals surface area contributed by atoms with Crippen LogP contribution in [0.25, 0.3) is 161 Å². The van der Waals surface area contributed by atoms with E-state index >= 15 is 0 Å². The zero-order valence-electron chi connectivity index (χ0n) is 77.4. The van der Waals surface area contributed by atoms with Crippen LogP contribution in [0.3, 0.4) is 0 Å². The van der Waals surface area contributed by atoms with Gasteiger partial charge in [-0.3, -0.25) is 20.2 Å². The van der Waals surface area contributed by atoms with Crippen molar-refractivity contribution < 1.29 is 19.2 Å². The number of aromatic nitrogens is 2. The lowest BCUT2D eigenvalue weighted by molar-refractivity contribution is -0.385. The summed E-state index contributed by atoms with van der Waals surface area (Å²) in [6.07, 6.45) is 0. The van der Waals surface area contributed by atoms with Gasteiger partial charge >= 0.3 is 7.12 Å². The minimum Gasteiger partial charge on any atom is -0.399 e. The normalized spacial score (nSPS) is 12.5. The molecule has 0 atom stereocenters. The molecule has 0 saturated carbocycles. The fraction of sp³-hybridized carbons (Fsp3) is 0.0500. The van der Waals surface area contributed by atoms with Crippen molar-refractivity contribution in [3.05, 3.63) is 475 Å². The number of nitro groups is 2. The Morgan fingerprint density at radius 2 is 0.694 bits per heavy atom. The molecule has 10 nitrogen and oxygen atoms in total. The zero-order valence-corrected chi connectivity index (χ0v) is 94.1. The number of aromatic amines is 1. The van der Waals surface area contributed by atoms with Crippen molar-refractivity contribution in [2.24, 2.45) is 0 Å². The highest BCUT2D eigenvalue weighted by molar-refractivity contribution is 14.1. The quantitative estimate of drug-likeness (QED) is 0.0531. The maximum atomic E-state index is 11.3.